The molecule has 1 atom stereocenters. The van der Waals surface area contributed by atoms with Crippen molar-refractivity contribution < 1.29 is 0 Å². The molecule has 1 N–H and O–H groups in total. The largest absolute Gasteiger partial charge is 0.313 e. The molecule has 1 fully saturated rings. The Morgan fingerprint density at radius 1 is 1.35 bits per heavy atom. The van der Waals surface area contributed by atoms with Crippen molar-refractivity contribution in [2.24, 2.45) is 5.41 Å². The number of para-hydroxylation sites is 1. The van der Waals surface area contributed by atoms with Crippen LogP contribution in [0.1, 0.15) is 31.8 Å². The van der Waals surface area contributed by atoms with Gasteiger partial charge in [-0.05, 0) is 17.5 Å². The molecule has 0 bridgehead atoms. The van der Waals surface area contributed by atoms with Crippen LogP contribution in [0.2, 0.25) is 0 Å². The number of hydrogen-bond donors (Lipinski definition) is 1. The second-order valence-electron chi connectivity index (χ2n) is 6.77. The molecule has 1 aliphatic rings. The summed E-state index contributed by atoms with van der Waals surface area (Å²) >= 11 is 1.84. The molecular formula is C16H23N3S. The zero-order chi connectivity index (χ0) is 14.2. The van der Waals surface area contributed by atoms with Crippen molar-refractivity contribution in [3.05, 3.63) is 29.3 Å². The number of hydrogen-bond acceptors (Lipinski definition) is 4. The van der Waals surface area contributed by atoms with Gasteiger partial charge in [0.1, 0.15) is 5.01 Å². The summed E-state index contributed by atoms with van der Waals surface area (Å²) in [6, 6.07) is 8.86. The SMILES string of the molecule is CC(C)(C)CN1CCNCC1c1nc2ccccc2s1. The summed E-state index contributed by atoms with van der Waals surface area (Å²) in [7, 11) is 0. The Hall–Kier alpha value is -0.970. The van der Waals surface area contributed by atoms with Crippen LogP contribution >= 0.6 is 11.3 Å². The van der Waals surface area contributed by atoms with Gasteiger partial charge in [-0.3, -0.25) is 4.90 Å². The third-order valence-electron chi connectivity index (χ3n) is 3.63. The number of nitrogens with zero attached hydrogens (tertiary/aromatic N) is 2. The fourth-order valence-corrected chi connectivity index (χ4v) is 3.92. The van der Waals surface area contributed by atoms with Crippen molar-refractivity contribution in [2.45, 2.75) is 26.8 Å². The zero-order valence-electron chi connectivity index (χ0n) is 12.5. The molecule has 0 spiro atoms. The number of aromatic nitrogens is 1. The van der Waals surface area contributed by atoms with Crippen LogP contribution in [-0.4, -0.2) is 36.1 Å². The first kappa shape index (κ1) is 14.0. The highest BCUT2D eigenvalue weighted by molar-refractivity contribution is 7.18. The number of fused-ring (bicyclic) bond motifs is 1. The van der Waals surface area contributed by atoms with Gasteiger partial charge in [0.2, 0.25) is 0 Å². The minimum absolute atomic E-state index is 0.326. The molecular weight excluding hydrogens is 266 g/mol. The monoisotopic (exact) mass is 289 g/mol. The summed E-state index contributed by atoms with van der Waals surface area (Å²) in [4.78, 5) is 7.44. The molecule has 0 aliphatic carbocycles. The standard InChI is InChI=1S/C16H23N3S/c1-16(2,3)11-19-9-8-17-10-13(19)15-18-12-6-4-5-7-14(12)20-15/h4-7,13,17H,8-11H2,1-3H3. The molecule has 1 aliphatic heterocycles. The number of thiazole rings is 1. The molecule has 3 nitrogen and oxygen atoms in total. The van der Waals surface area contributed by atoms with Crippen LogP contribution in [-0.2, 0) is 0 Å². The molecule has 2 aromatic rings. The van der Waals surface area contributed by atoms with E-state index in [4.69, 9.17) is 4.98 Å². The van der Waals surface area contributed by atoms with Crippen molar-refractivity contribution in [1.29, 1.82) is 0 Å². The van der Waals surface area contributed by atoms with Crippen molar-refractivity contribution in [1.82, 2.24) is 15.2 Å². The number of piperazine rings is 1. The highest BCUT2D eigenvalue weighted by atomic mass is 32.1. The quantitative estimate of drug-likeness (QED) is 0.919. The molecule has 1 unspecified atom stereocenters. The maximum atomic E-state index is 4.85. The average Bonchev–Trinajstić information content (AvgIpc) is 2.81. The van der Waals surface area contributed by atoms with E-state index in [0.717, 1.165) is 31.7 Å². The average molecular weight is 289 g/mol. The van der Waals surface area contributed by atoms with E-state index in [1.54, 1.807) is 0 Å². The van der Waals surface area contributed by atoms with Crippen LogP contribution in [0.15, 0.2) is 24.3 Å². The lowest BCUT2D eigenvalue weighted by atomic mass is 9.95. The molecule has 20 heavy (non-hydrogen) atoms. The van der Waals surface area contributed by atoms with Crippen LogP contribution in [0.25, 0.3) is 10.2 Å². The number of benzene rings is 1. The van der Waals surface area contributed by atoms with Gasteiger partial charge in [-0.2, -0.15) is 0 Å². The van der Waals surface area contributed by atoms with Gasteiger partial charge in [0.25, 0.3) is 0 Å². The van der Waals surface area contributed by atoms with Gasteiger partial charge in [0.15, 0.2) is 0 Å². The summed E-state index contributed by atoms with van der Waals surface area (Å²) in [6.45, 7) is 11.2. The van der Waals surface area contributed by atoms with Gasteiger partial charge in [0.05, 0.1) is 16.3 Å². The lowest BCUT2D eigenvalue weighted by Gasteiger charge is -2.38. The van der Waals surface area contributed by atoms with E-state index < -0.39 is 0 Å². The molecule has 0 radical (unpaired) electrons. The first-order valence-electron chi connectivity index (χ1n) is 7.33. The van der Waals surface area contributed by atoms with Crippen LogP contribution in [0.4, 0.5) is 0 Å². The lowest BCUT2D eigenvalue weighted by Crippen LogP contribution is -2.48. The Balaban J connectivity index is 1.88. The van der Waals surface area contributed by atoms with Gasteiger partial charge in [-0.1, -0.05) is 32.9 Å². The molecule has 3 rings (SSSR count). The van der Waals surface area contributed by atoms with E-state index in [2.05, 4.69) is 55.3 Å². The normalized spacial score (nSPS) is 21.4. The lowest BCUT2D eigenvalue weighted by molar-refractivity contribution is 0.113. The van der Waals surface area contributed by atoms with Crippen LogP contribution in [0.5, 0.6) is 0 Å². The van der Waals surface area contributed by atoms with Crippen LogP contribution in [0, 0.1) is 5.41 Å². The molecule has 2 heterocycles. The minimum Gasteiger partial charge on any atom is -0.313 e. The highest BCUT2D eigenvalue weighted by Gasteiger charge is 2.29. The summed E-state index contributed by atoms with van der Waals surface area (Å²) in [5.41, 5.74) is 1.46. The molecule has 4 heteroatoms. The van der Waals surface area contributed by atoms with Crippen molar-refractivity contribution in [2.75, 3.05) is 26.2 Å². The van der Waals surface area contributed by atoms with Crippen LogP contribution < -0.4 is 5.32 Å². The molecule has 108 valence electrons. The van der Waals surface area contributed by atoms with E-state index in [0.29, 0.717) is 11.5 Å². The highest BCUT2D eigenvalue weighted by Crippen LogP contribution is 2.32. The maximum Gasteiger partial charge on any atom is 0.112 e. The fourth-order valence-electron chi connectivity index (χ4n) is 2.82. The second kappa shape index (κ2) is 5.43. The predicted molar refractivity (Wildman–Crippen MR) is 86.3 cm³/mol. The Kier molecular flexibility index (Phi) is 3.80. The Morgan fingerprint density at radius 2 is 2.15 bits per heavy atom. The van der Waals surface area contributed by atoms with E-state index in [1.807, 2.05) is 11.3 Å². The predicted octanol–water partition coefficient (Wildman–Crippen LogP) is 3.29. The van der Waals surface area contributed by atoms with Gasteiger partial charge in [-0.25, -0.2) is 4.98 Å². The molecule has 1 aromatic carbocycles. The summed E-state index contributed by atoms with van der Waals surface area (Å²) in [6.07, 6.45) is 0. The second-order valence-corrected chi connectivity index (χ2v) is 7.83. The first-order valence-corrected chi connectivity index (χ1v) is 8.15. The number of rotatable bonds is 2. The smallest absolute Gasteiger partial charge is 0.112 e. The van der Waals surface area contributed by atoms with E-state index in [9.17, 15) is 0 Å². The van der Waals surface area contributed by atoms with Gasteiger partial charge in [-0.15, -0.1) is 11.3 Å². The minimum atomic E-state index is 0.326. The number of nitrogens with one attached hydrogen (secondary N) is 1. The van der Waals surface area contributed by atoms with Crippen LogP contribution in [0.3, 0.4) is 0 Å². The van der Waals surface area contributed by atoms with Crippen molar-refractivity contribution >= 4 is 21.6 Å². The molecule has 1 saturated heterocycles. The Labute approximate surface area is 125 Å². The topological polar surface area (TPSA) is 28.2 Å². The van der Waals surface area contributed by atoms with Crippen molar-refractivity contribution in [3.63, 3.8) is 0 Å². The summed E-state index contributed by atoms with van der Waals surface area (Å²) in [5, 5.41) is 4.77. The van der Waals surface area contributed by atoms with E-state index in [-0.39, 0.29) is 0 Å². The maximum absolute atomic E-state index is 4.85. The third-order valence-corrected chi connectivity index (χ3v) is 4.76. The van der Waals surface area contributed by atoms with E-state index >= 15 is 0 Å². The zero-order valence-corrected chi connectivity index (χ0v) is 13.3. The first-order chi connectivity index (χ1) is 9.53. The third kappa shape index (κ3) is 3.03. The van der Waals surface area contributed by atoms with Gasteiger partial charge < -0.3 is 5.32 Å². The fraction of sp³-hybridized carbons (Fsp3) is 0.562. The summed E-state index contributed by atoms with van der Waals surface area (Å²) < 4.78 is 1.30. The van der Waals surface area contributed by atoms with Gasteiger partial charge in [0, 0.05) is 26.2 Å². The van der Waals surface area contributed by atoms with Crippen molar-refractivity contribution in [3.8, 4) is 0 Å². The molecule has 0 saturated carbocycles. The Morgan fingerprint density at radius 3 is 2.90 bits per heavy atom. The van der Waals surface area contributed by atoms with E-state index in [1.165, 1.54) is 9.71 Å². The molecule has 1 aromatic heterocycles. The van der Waals surface area contributed by atoms with Gasteiger partial charge >= 0.3 is 0 Å². The Bertz CT molecular complexity index is 552. The molecule has 0 amide bonds. The summed E-state index contributed by atoms with van der Waals surface area (Å²) in [5.74, 6) is 0.